The number of benzene rings is 2. The van der Waals surface area contributed by atoms with Gasteiger partial charge in [0.1, 0.15) is 11.6 Å². The predicted molar refractivity (Wildman–Crippen MR) is 155 cm³/mol. The Hall–Kier alpha value is -3.46. The van der Waals surface area contributed by atoms with Crippen LogP contribution in [0.15, 0.2) is 78.9 Å². The van der Waals surface area contributed by atoms with Crippen LogP contribution >= 0.6 is 11.6 Å². The molecule has 4 aliphatic rings. The van der Waals surface area contributed by atoms with Crippen LogP contribution in [0, 0.1) is 11.8 Å². The Kier molecular flexibility index (Phi) is 7.04. The summed E-state index contributed by atoms with van der Waals surface area (Å²) in [5.41, 5.74) is -1.33. The van der Waals surface area contributed by atoms with Crippen LogP contribution in [-0.4, -0.2) is 76.1 Å². The normalized spacial score (nSPS) is 31.6. The summed E-state index contributed by atoms with van der Waals surface area (Å²) in [7, 11) is 0. The quantitative estimate of drug-likeness (QED) is 0.530. The second-order valence-corrected chi connectivity index (χ2v) is 11.7. The van der Waals surface area contributed by atoms with Crippen molar-refractivity contribution in [3.8, 4) is 0 Å². The zero-order chi connectivity index (χ0) is 28.9. The Balaban J connectivity index is 1.54. The number of ether oxygens (including phenoxy) is 1. The molecule has 1 N–H and O–H groups in total. The van der Waals surface area contributed by atoms with E-state index in [0.29, 0.717) is 29.4 Å². The highest BCUT2D eigenvalue weighted by molar-refractivity contribution is 6.34. The van der Waals surface area contributed by atoms with Gasteiger partial charge in [0.05, 0.1) is 40.8 Å². The van der Waals surface area contributed by atoms with E-state index in [4.69, 9.17) is 16.3 Å². The predicted octanol–water partition coefficient (Wildman–Crippen LogP) is 3.76. The molecule has 9 heteroatoms. The van der Waals surface area contributed by atoms with E-state index in [1.54, 1.807) is 40.1 Å². The number of aliphatic hydroxyl groups is 1. The minimum absolute atomic E-state index is 0.163. The highest BCUT2D eigenvalue weighted by Crippen LogP contribution is 2.59. The number of anilines is 1. The van der Waals surface area contributed by atoms with E-state index in [9.17, 15) is 19.5 Å². The smallest absolute Gasteiger partial charge is 0.253 e. The van der Waals surface area contributed by atoms with Gasteiger partial charge in [0.2, 0.25) is 11.8 Å². The fourth-order valence-corrected chi connectivity index (χ4v) is 7.47. The van der Waals surface area contributed by atoms with Gasteiger partial charge in [-0.1, -0.05) is 85.3 Å². The molecule has 2 aromatic carbocycles. The van der Waals surface area contributed by atoms with Gasteiger partial charge in [0, 0.05) is 19.6 Å². The maximum atomic E-state index is 14.7. The second-order valence-electron chi connectivity index (χ2n) is 11.3. The largest absolute Gasteiger partial charge is 0.394 e. The molecule has 4 heterocycles. The van der Waals surface area contributed by atoms with Gasteiger partial charge in [-0.15, -0.1) is 0 Å². The number of amides is 3. The lowest BCUT2D eigenvalue weighted by Gasteiger charge is -2.40. The van der Waals surface area contributed by atoms with Gasteiger partial charge in [-0.05, 0) is 31.0 Å². The van der Waals surface area contributed by atoms with Crippen LogP contribution in [0.4, 0.5) is 5.69 Å². The third-order valence-electron chi connectivity index (χ3n) is 8.91. The van der Waals surface area contributed by atoms with Gasteiger partial charge in [-0.2, -0.15) is 0 Å². The van der Waals surface area contributed by atoms with E-state index in [2.05, 4.69) is 0 Å². The summed E-state index contributed by atoms with van der Waals surface area (Å²) in [5, 5.41) is 11.1. The van der Waals surface area contributed by atoms with Gasteiger partial charge in [0.25, 0.3) is 5.91 Å². The Morgan fingerprint density at radius 3 is 2.37 bits per heavy atom. The summed E-state index contributed by atoms with van der Waals surface area (Å²) >= 11 is 6.55. The minimum atomic E-state index is -1.43. The van der Waals surface area contributed by atoms with Crippen molar-refractivity contribution >= 4 is 35.0 Å². The molecule has 4 aliphatic heterocycles. The number of halogens is 1. The number of hydrogen-bond donors (Lipinski definition) is 1. The molecular formula is C32H34ClN3O5. The van der Waals surface area contributed by atoms with Gasteiger partial charge < -0.3 is 24.5 Å². The summed E-state index contributed by atoms with van der Waals surface area (Å²) in [6.45, 7) is 4.63. The number of para-hydroxylation sites is 1. The van der Waals surface area contributed by atoms with Crippen molar-refractivity contribution in [1.82, 2.24) is 9.80 Å². The first kappa shape index (κ1) is 27.7. The highest BCUT2D eigenvalue weighted by Gasteiger charge is 2.75. The van der Waals surface area contributed by atoms with E-state index in [-0.39, 0.29) is 24.3 Å². The number of fused-ring (bicyclic) bond motifs is 2. The van der Waals surface area contributed by atoms with Crippen LogP contribution in [0.25, 0.3) is 0 Å². The van der Waals surface area contributed by atoms with Gasteiger partial charge >= 0.3 is 0 Å². The summed E-state index contributed by atoms with van der Waals surface area (Å²) in [4.78, 5) is 48.4. The van der Waals surface area contributed by atoms with Crippen LogP contribution in [0.2, 0.25) is 5.02 Å². The SMILES string of the molecule is CCCN1CC=C[C@@]2(C)O[C@]34C=CCN(c5ccccc5Cl)C(=O)C3N([C@H](CO)c3ccccc3)C(=O)[C@@H]4[C@H]2C1=O. The van der Waals surface area contributed by atoms with Crippen molar-refractivity contribution in [1.29, 1.82) is 0 Å². The summed E-state index contributed by atoms with van der Waals surface area (Å²) < 4.78 is 6.90. The summed E-state index contributed by atoms with van der Waals surface area (Å²) in [6, 6.07) is 14.3. The highest BCUT2D eigenvalue weighted by atomic mass is 35.5. The number of nitrogens with zero attached hydrogens (tertiary/aromatic N) is 3. The third kappa shape index (κ3) is 4.15. The maximum absolute atomic E-state index is 14.7. The van der Waals surface area contributed by atoms with Crippen molar-refractivity contribution in [3.05, 3.63) is 89.5 Å². The topological polar surface area (TPSA) is 90.4 Å². The van der Waals surface area contributed by atoms with Crippen molar-refractivity contribution in [2.24, 2.45) is 11.8 Å². The molecule has 2 saturated heterocycles. The van der Waals surface area contributed by atoms with E-state index < -0.39 is 41.7 Å². The lowest BCUT2D eigenvalue weighted by atomic mass is 9.74. The van der Waals surface area contributed by atoms with Gasteiger partial charge in [-0.3, -0.25) is 14.4 Å². The molecule has 0 saturated carbocycles. The van der Waals surface area contributed by atoms with E-state index >= 15 is 0 Å². The van der Waals surface area contributed by atoms with Gasteiger partial charge in [0.15, 0.2) is 0 Å². The number of carbonyl (C=O) groups excluding carboxylic acids is 3. The molecule has 1 spiro atoms. The van der Waals surface area contributed by atoms with E-state index in [0.717, 1.165) is 6.42 Å². The van der Waals surface area contributed by atoms with E-state index in [1.165, 1.54) is 4.90 Å². The standard InChI is InChI=1S/C32H34ClN3O5/c1-3-17-34-18-9-15-31(2)25(28(34)38)26-29(39)36(24(20-37)21-11-5-4-6-12-21)27-30(40)35(19-10-16-32(26,27)41-31)23-14-8-7-13-22(23)33/h4-16,24-27,37H,3,17-20H2,1-2H3/t24-,25+,26+,27?,31-,32+/m1/s1. The van der Waals surface area contributed by atoms with Crippen molar-refractivity contribution in [3.63, 3.8) is 0 Å². The molecule has 1 unspecified atom stereocenters. The Bertz CT molecular complexity index is 1430. The molecule has 2 aromatic rings. The van der Waals surface area contributed by atoms with Crippen molar-refractivity contribution < 1.29 is 24.2 Å². The molecule has 6 rings (SSSR count). The second kappa shape index (κ2) is 10.4. The average molecular weight is 576 g/mol. The van der Waals surface area contributed by atoms with Crippen LogP contribution in [-0.2, 0) is 19.1 Å². The first-order valence-corrected chi connectivity index (χ1v) is 14.5. The van der Waals surface area contributed by atoms with Crippen molar-refractivity contribution in [2.75, 3.05) is 31.1 Å². The lowest BCUT2D eigenvalue weighted by Crippen LogP contribution is -2.57. The van der Waals surface area contributed by atoms with Crippen LogP contribution in [0.3, 0.4) is 0 Å². The number of aliphatic hydroxyl groups excluding tert-OH is 1. The molecule has 0 aliphatic carbocycles. The molecule has 0 bridgehead atoms. The van der Waals surface area contributed by atoms with Crippen LogP contribution in [0.5, 0.6) is 0 Å². The number of likely N-dealkylation sites (tertiary alicyclic amines) is 1. The van der Waals surface area contributed by atoms with Crippen LogP contribution < -0.4 is 4.90 Å². The Morgan fingerprint density at radius 2 is 1.66 bits per heavy atom. The first-order valence-electron chi connectivity index (χ1n) is 14.2. The van der Waals surface area contributed by atoms with Crippen molar-refractivity contribution in [2.45, 2.75) is 43.6 Å². The zero-order valence-corrected chi connectivity index (χ0v) is 23.9. The molecule has 41 heavy (non-hydrogen) atoms. The zero-order valence-electron chi connectivity index (χ0n) is 23.2. The van der Waals surface area contributed by atoms with Crippen LogP contribution in [0.1, 0.15) is 31.9 Å². The molecule has 0 radical (unpaired) electrons. The molecule has 0 aromatic heterocycles. The molecule has 214 valence electrons. The number of carbonyl (C=O) groups is 3. The molecule has 6 atom stereocenters. The van der Waals surface area contributed by atoms with Gasteiger partial charge in [-0.25, -0.2) is 0 Å². The average Bonchev–Trinajstić information content (AvgIpc) is 3.24. The minimum Gasteiger partial charge on any atom is -0.394 e. The summed E-state index contributed by atoms with van der Waals surface area (Å²) in [5.74, 6) is -2.73. The summed E-state index contributed by atoms with van der Waals surface area (Å²) in [6.07, 6.45) is 8.20. The van der Waals surface area contributed by atoms with E-state index in [1.807, 2.05) is 62.4 Å². The number of rotatable bonds is 6. The fraction of sp³-hybridized carbons (Fsp3) is 0.406. The molecule has 3 amide bonds. The first-order chi connectivity index (χ1) is 19.8. The molecular weight excluding hydrogens is 542 g/mol. The molecule has 2 fully saturated rings. The lowest BCUT2D eigenvalue weighted by molar-refractivity contribution is -0.151. The number of hydrogen-bond acceptors (Lipinski definition) is 5. The maximum Gasteiger partial charge on any atom is 0.253 e. The fourth-order valence-electron chi connectivity index (χ4n) is 7.23. The Morgan fingerprint density at radius 1 is 0.951 bits per heavy atom. The third-order valence-corrected chi connectivity index (χ3v) is 9.23. The monoisotopic (exact) mass is 575 g/mol. The molecule has 8 nitrogen and oxygen atoms in total. The Labute approximate surface area is 244 Å².